The molecule has 7 heteroatoms. The molecule has 1 unspecified atom stereocenters. The van der Waals surface area contributed by atoms with Gasteiger partial charge in [0, 0.05) is 13.2 Å². The molecule has 1 aromatic rings. The third-order valence-electron chi connectivity index (χ3n) is 3.09. The van der Waals surface area contributed by atoms with Crippen LogP contribution in [0.4, 0.5) is 5.69 Å². The number of hydrogen-bond donors (Lipinski definition) is 2. The second-order valence-electron chi connectivity index (χ2n) is 4.62. The SMILES string of the molecule is Nc1cc(S(=O)(=O)NCC2CCCOC2)ccc1Cl. The quantitative estimate of drug-likeness (QED) is 0.828. The van der Waals surface area contributed by atoms with Crippen molar-refractivity contribution in [3.63, 3.8) is 0 Å². The normalized spacial score (nSPS) is 20.4. The second-order valence-corrected chi connectivity index (χ2v) is 6.79. The zero-order valence-corrected chi connectivity index (χ0v) is 12.0. The van der Waals surface area contributed by atoms with E-state index in [2.05, 4.69) is 4.72 Å². The minimum Gasteiger partial charge on any atom is -0.397 e. The Morgan fingerprint density at radius 1 is 1.47 bits per heavy atom. The average Bonchev–Trinajstić information content (AvgIpc) is 2.41. The monoisotopic (exact) mass is 304 g/mol. The lowest BCUT2D eigenvalue weighted by atomic mass is 10.0. The minimum absolute atomic E-state index is 0.131. The van der Waals surface area contributed by atoms with Gasteiger partial charge in [0.15, 0.2) is 0 Å². The molecule has 19 heavy (non-hydrogen) atoms. The Kier molecular flexibility index (Phi) is 4.67. The largest absolute Gasteiger partial charge is 0.397 e. The van der Waals surface area contributed by atoms with Gasteiger partial charge in [-0.15, -0.1) is 0 Å². The van der Waals surface area contributed by atoms with E-state index in [1.165, 1.54) is 18.2 Å². The Labute approximate surface area is 118 Å². The number of rotatable bonds is 4. The molecule has 0 saturated carbocycles. The topological polar surface area (TPSA) is 81.4 Å². The van der Waals surface area contributed by atoms with Crippen LogP contribution in [0, 0.1) is 5.92 Å². The fourth-order valence-corrected chi connectivity index (χ4v) is 3.24. The van der Waals surface area contributed by atoms with Crippen molar-refractivity contribution in [3.8, 4) is 0 Å². The molecule has 1 aliphatic heterocycles. The van der Waals surface area contributed by atoms with E-state index in [9.17, 15) is 8.42 Å². The van der Waals surface area contributed by atoms with Gasteiger partial charge < -0.3 is 10.5 Å². The van der Waals surface area contributed by atoms with E-state index in [4.69, 9.17) is 22.1 Å². The van der Waals surface area contributed by atoms with Gasteiger partial charge in [0.25, 0.3) is 0 Å². The number of nitrogen functional groups attached to an aromatic ring is 1. The Balaban J connectivity index is 2.02. The maximum Gasteiger partial charge on any atom is 0.240 e. The van der Waals surface area contributed by atoms with E-state index < -0.39 is 10.0 Å². The van der Waals surface area contributed by atoms with Gasteiger partial charge in [0.05, 0.1) is 22.2 Å². The minimum atomic E-state index is -3.54. The Morgan fingerprint density at radius 3 is 2.89 bits per heavy atom. The highest BCUT2D eigenvalue weighted by Gasteiger charge is 2.19. The van der Waals surface area contributed by atoms with E-state index in [0.717, 1.165) is 19.4 Å². The molecule has 106 valence electrons. The van der Waals surface area contributed by atoms with Crippen LogP contribution in [0.15, 0.2) is 23.1 Å². The van der Waals surface area contributed by atoms with Crippen LogP contribution in [0.1, 0.15) is 12.8 Å². The van der Waals surface area contributed by atoms with Gasteiger partial charge in [-0.25, -0.2) is 13.1 Å². The van der Waals surface area contributed by atoms with Gasteiger partial charge in [0.1, 0.15) is 0 Å². The number of ether oxygens (including phenoxy) is 1. The van der Waals surface area contributed by atoms with Crippen LogP contribution >= 0.6 is 11.6 Å². The molecule has 1 saturated heterocycles. The average molecular weight is 305 g/mol. The fourth-order valence-electron chi connectivity index (χ4n) is 1.97. The molecule has 1 aromatic carbocycles. The summed E-state index contributed by atoms with van der Waals surface area (Å²) in [6, 6.07) is 4.29. The molecule has 0 spiro atoms. The van der Waals surface area contributed by atoms with Crippen LogP contribution in [0.25, 0.3) is 0 Å². The summed E-state index contributed by atoms with van der Waals surface area (Å²) in [5.74, 6) is 0.230. The number of nitrogens with two attached hydrogens (primary N) is 1. The van der Waals surface area contributed by atoms with Crippen molar-refractivity contribution in [2.75, 3.05) is 25.5 Å². The Morgan fingerprint density at radius 2 is 2.26 bits per heavy atom. The number of halogens is 1. The molecule has 3 N–H and O–H groups in total. The summed E-state index contributed by atoms with van der Waals surface area (Å²) >= 11 is 5.77. The van der Waals surface area contributed by atoms with Crippen molar-refractivity contribution in [2.24, 2.45) is 5.92 Å². The fraction of sp³-hybridized carbons (Fsp3) is 0.500. The Bertz CT molecular complexity index is 542. The van der Waals surface area contributed by atoms with Crippen molar-refractivity contribution in [3.05, 3.63) is 23.2 Å². The van der Waals surface area contributed by atoms with Gasteiger partial charge in [-0.2, -0.15) is 0 Å². The number of hydrogen-bond acceptors (Lipinski definition) is 4. The first-order chi connectivity index (χ1) is 8.99. The maximum absolute atomic E-state index is 12.1. The smallest absolute Gasteiger partial charge is 0.240 e. The van der Waals surface area contributed by atoms with Crippen LogP contribution < -0.4 is 10.5 Å². The summed E-state index contributed by atoms with van der Waals surface area (Å²) < 4.78 is 32.1. The van der Waals surface area contributed by atoms with Crippen LogP contribution in [0.2, 0.25) is 5.02 Å². The van der Waals surface area contributed by atoms with E-state index in [-0.39, 0.29) is 16.5 Å². The summed E-state index contributed by atoms with van der Waals surface area (Å²) in [5, 5.41) is 0.347. The molecule has 1 heterocycles. The van der Waals surface area contributed by atoms with Gasteiger partial charge in [-0.3, -0.25) is 0 Å². The van der Waals surface area contributed by atoms with E-state index in [1.807, 2.05) is 0 Å². The van der Waals surface area contributed by atoms with Crippen molar-refractivity contribution in [1.29, 1.82) is 0 Å². The first kappa shape index (κ1) is 14.6. The molecule has 0 radical (unpaired) electrons. The summed E-state index contributed by atoms with van der Waals surface area (Å²) in [6.07, 6.45) is 1.95. The van der Waals surface area contributed by atoms with Crippen molar-refractivity contribution in [2.45, 2.75) is 17.7 Å². The van der Waals surface area contributed by atoms with Gasteiger partial charge in [-0.1, -0.05) is 11.6 Å². The van der Waals surface area contributed by atoms with Crippen LogP contribution in [0.5, 0.6) is 0 Å². The molecular formula is C12H17ClN2O3S. The van der Waals surface area contributed by atoms with Crippen molar-refractivity contribution < 1.29 is 13.2 Å². The molecule has 1 aliphatic rings. The van der Waals surface area contributed by atoms with Crippen LogP contribution in [-0.4, -0.2) is 28.2 Å². The molecular weight excluding hydrogens is 288 g/mol. The molecule has 0 aliphatic carbocycles. The molecule has 0 amide bonds. The summed E-state index contributed by atoms with van der Waals surface area (Å²) in [6.45, 7) is 1.74. The molecule has 1 atom stereocenters. The maximum atomic E-state index is 12.1. The second kappa shape index (κ2) is 6.09. The lowest BCUT2D eigenvalue weighted by molar-refractivity contribution is 0.0568. The Hall–Kier alpha value is -0.820. The molecule has 2 rings (SSSR count). The number of nitrogens with one attached hydrogen (secondary N) is 1. The van der Waals surface area contributed by atoms with Crippen molar-refractivity contribution >= 4 is 27.3 Å². The van der Waals surface area contributed by atoms with Gasteiger partial charge in [0.2, 0.25) is 10.0 Å². The zero-order chi connectivity index (χ0) is 13.9. The lowest BCUT2D eigenvalue weighted by Gasteiger charge is -2.22. The predicted molar refractivity (Wildman–Crippen MR) is 74.6 cm³/mol. The highest BCUT2D eigenvalue weighted by atomic mass is 35.5. The zero-order valence-electron chi connectivity index (χ0n) is 10.4. The van der Waals surface area contributed by atoms with Crippen molar-refractivity contribution in [1.82, 2.24) is 4.72 Å². The summed E-state index contributed by atoms with van der Waals surface area (Å²) in [4.78, 5) is 0.131. The highest BCUT2D eigenvalue weighted by molar-refractivity contribution is 7.89. The third-order valence-corrected chi connectivity index (χ3v) is 4.86. The summed E-state index contributed by atoms with van der Waals surface area (Å²) in [5.41, 5.74) is 5.87. The van der Waals surface area contributed by atoms with Gasteiger partial charge >= 0.3 is 0 Å². The van der Waals surface area contributed by atoms with E-state index >= 15 is 0 Å². The molecule has 1 fully saturated rings. The molecule has 0 bridgehead atoms. The number of anilines is 1. The van der Waals surface area contributed by atoms with Crippen LogP contribution in [-0.2, 0) is 14.8 Å². The molecule has 0 aromatic heterocycles. The number of sulfonamides is 1. The van der Waals surface area contributed by atoms with Crippen LogP contribution in [0.3, 0.4) is 0 Å². The lowest BCUT2D eigenvalue weighted by Crippen LogP contribution is -2.33. The first-order valence-corrected chi connectivity index (χ1v) is 7.97. The van der Waals surface area contributed by atoms with E-state index in [1.54, 1.807) is 0 Å². The highest BCUT2D eigenvalue weighted by Crippen LogP contribution is 2.22. The number of benzene rings is 1. The third kappa shape index (κ3) is 3.82. The van der Waals surface area contributed by atoms with Gasteiger partial charge in [-0.05, 0) is 37.0 Å². The molecule has 5 nitrogen and oxygen atoms in total. The van der Waals surface area contributed by atoms with E-state index in [0.29, 0.717) is 18.2 Å². The summed E-state index contributed by atoms with van der Waals surface area (Å²) in [7, 11) is -3.54. The first-order valence-electron chi connectivity index (χ1n) is 6.11. The predicted octanol–water partition coefficient (Wildman–Crippen LogP) is 1.63. The standard InChI is InChI=1S/C12H17ClN2O3S/c13-11-4-3-10(6-12(11)14)19(16,17)15-7-9-2-1-5-18-8-9/h3-4,6,9,15H,1-2,5,7-8,14H2.